The minimum absolute atomic E-state index is 0.150. The van der Waals surface area contributed by atoms with Crippen LogP contribution in [0.25, 0.3) is 0 Å². The second-order valence-corrected chi connectivity index (χ2v) is 4.25. The zero-order valence-electron chi connectivity index (χ0n) is 8.37. The van der Waals surface area contributed by atoms with Crippen molar-refractivity contribution in [1.82, 2.24) is 0 Å². The highest BCUT2D eigenvalue weighted by molar-refractivity contribution is 7.09. The minimum atomic E-state index is -0.150. The number of methoxy groups -OCH3 is 1. The predicted octanol–water partition coefficient (Wildman–Crippen LogP) is 3.49. The zero-order chi connectivity index (χ0) is 10.7. The third-order valence-corrected chi connectivity index (χ3v) is 3.07. The number of rotatable bonds is 3. The van der Waals surface area contributed by atoms with Gasteiger partial charge in [-0.05, 0) is 23.8 Å². The SMILES string of the molecule is COc1ccc(Cc2cc(F)cs2)cc1. The molecule has 2 rings (SSSR count). The van der Waals surface area contributed by atoms with Crippen LogP contribution < -0.4 is 4.74 Å². The van der Waals surface area contributed by atoms with Crippen molar-refractivity contribution in [3.8, 4) is 5.75 Å². The molecule has 1 nitrogen and oxygen atoms in total. The van der Waals surface area contributed by atoms with E-state index in [1.165, 1.54) is 16.7 Å². The van der Waals surface area contributed by atoms with Crippen LogP contribution in [0.4, 0.5) is 4.39 Å². The van der Waals surface area contributed by atoms with Crippen molar-refractivity contribution < 1.29 is 9.13 Å². The molecular weight excluding hydrogens is 211 g/mol. The van der Waals surface area contributed by atoms with E-state index in [-0.39, 0.29) is 5.82 Å². The molecule has 0 unspecified atom stereocenters. The molecule has 3 heteroatoms. The molecule has 0 amide bonds. The molecule has 0 aliphatic carbocycles. The van der Waals surface area contributed by atoms with E-state index in [0.717, 1.165) is 22.6 Å². The molecule has 2 aromatic rings. The van der Waals surface area contributed by atoms with E-state index in [9.17, 15) is 4.39 Å². The number of hydrogen-bond acceptors (Lipinski definition) is 2. The molecule has 0 aliphatic heterocycles. The molecule has 78 valence electrons. The summed E-state index contributed by atoms with van der Waals surface area (Å²) in [4.78, 5) is 1.04. The highest BCUT2D eigenvalue weighted by Crippen LogP contribution is 2.19. The third kappa shape index (κ3) is 2.57. The zero-order valence-corrected chi connectivity index (χ0v) is 9.18. The van der Waals surface area contributed by atoms with Crippen LogP contribution in [-0.2, 0) is 6.42 Å². The van der Waals surface area contributed by atoms with Gasteiger partial charge in [0.1, 0.15) is 11.6 Å². The summed E-state index contributed by atoms with van der Waals surface area (Å²) in [5, 5.41) is 1.53. The van der Waals surface area contributed by atoms with E-state index in [0.29, 0.717) is 0 Å². The lowest BCUT2D eigenvalue weighted by Crippen LogP contribution is -1.86. The summed E-state index contributed by atoms with van der Waals surface area (Å²) in [5.41, 5.74) is 1.16. The van der Waals surface area contributed by atoms with Gasteiger partial charge in [-0.1, -0.05) is 12.1 Å². The summed E-state index contributed by atoms with van der Waals surface area (Å²) in [5.74, 6) is 0.694. The topological polar surface area (TPSA) is 9.23 Å². The maximum atomic E-state index is 12.7. The smallest absolute Gasteiger partial charge is 0.134 e. The van der Waals surface area contributed by atoms with Crippen LogP contribution in [-0.4, -0.2) is 7.11 Å². The van der Waals surface area contributed by atoms with Gasteiger partial charge in [-0.2, -0.15) is 0 Å². The Labute approximate surface area is 92.1 Å². The fourth-order valence-corrected chi connectivity index (χ4v) is 2.15. The second-order valence-electron chi connectivity index (χ2n) is 3.26. The van der Waals surface area contributed by atoms with E-state index in [1.54, 1.807) is 13.2 Å². The van der Waals surface area contributed by atoms with Crippen LogP contribution in [0.2, 0.25) is 0 Å². The molecule has 0 aliphatic rings. The Hall–Kier alpha value is -1.35. The fourth-order valence-electron chi connectivity index (χ4n) is 1.39. The Morgan fingerprint density at radius 2 is 2.00 bits per heavy atom. The summed E-state index contributed by atoms with van der Waals surface area (Å²) < 4.78 is 17.8. The minimum Gasteiger partial charge on any atom is -0.497 e. The van der Waals surface area contributed by atoms with E-state index in [1.807, 2.05) is 24.3 Å². The van der Waals surface area contributed by atoms with Gasteiger partial charge < -0.3 is 4.74 Å². The van der Waals surface area contributed by atoms with Gasteiger partial charge in [0.05, 0.1) is 7.11 Å². The summed E-state index contributed by atoms with van der Waals surface area (Å²) in [7, 11) is 1.64. The van der Waals surface area contributed by atoms with Crippen molar-refractivity contribution in [2.75, 3.05) is 7.11 Å². The van der Waals surface area contributed by atoms with Gasteiger partial charge >= 0.3 is 0 Å². The number of halogens is 1. The lowest BCUT2D eigenvalue weighted by atomic mass is 10.1. The fraction of sp³-hybridized carbons (Fsp3) is 0.167. The van der Waals surface area contributed by atoms with Crippen molar-refractivity contribution in [3.63, 3.8) is 0 Å². The Morgan fingerprint density at radius 1 is 1.27 bits per heavy atom. The number of hydrogen-bond donors (Lipinski definition) is 0. The van der Waals surface area contributed by atoms with Gasteiger partial charge in [-0.3, -0.25) is 0 Å². The summed E-state index contributed by atoms with van der Waals surface area (Å²) in [6, 6.07) is 9.40. The molecule has 0 spiro atoms. The first kappa shape index (κ1) is 10.2. The first-order valence-corrected chi connectivity index (χ1v) is 5.52. The molecule has 0 saturated carbocycles. The van der Waals surface area contributed by atoms with Gasteiger partial charge in [-0.25, -0.2) is 4.39 Å². The molecule has 1 aromatic heterocycles. The van der Waals surface area contributed by atoms with Crippen LogP contribution in [0.15, 0.2) is 35.7 Å². The molecule has 0 N–H and O–H groups in total. The number of benzene rings is 1. The molecule has 0 fully saturated rings. The van der Waals surface area contributed by atoms with Crippen LogP contribution in [0.1, 0.15) is 10.4 Å². The number of thiophene rings is 1. The highest BCUT2D eigenvalue weighted by Gasteiger charge is 2.00. The van der Waals surface area contributed by atoms with Gasteiger partial charge in [-0.15, -0.1) is 11.3 Å². The first-order chi connectivity index (χ1) is 7.28. The maximum Gasteiger partial charge on any atom is 0.134 e. The standard InChI is InChI=1S/C12H11FOS/c1-14-11-4-2-9(3-5-11)6-12-7-10(13)8-15-12/h2-5,7-8H,6H2,1H3. The molecule has 1 heterocycles. The molecule has 15 heavy (non-hydrogen) atoms. The van der Waals surface area contributed by atoms with E-state index in [4.69, 9.17) is 4.74 Å². The van der Waals surface area contributed by atoms with Gasteiger partial charge in [0.25, 0.3) is 0 Å². The van der Waals surface area contributed by atoms with Crippen molar-refractivity contribution in [3.05, 3.63) is 52.0 Å². The van der Waals surface area contributed by atoms with Gasteiger partial charge in [0.2, 0.25) is 0 Å². The lowest BCUT2D eigenvalue weighted by Gasteiger charge is -2.01. The Morgan fingerprint density at radius 3 is 2.53 bits per heavy atom. The Balaban J connectivity index is 2.11. The van der Waals surface area contributed by atoms with E-state index in [2.05, 4.69) is 0 Å². The van der Waals surface area contributed by atoms with Crippen LogP contribution in [0, 0.1) is 5.82 Å². The second kappa shape index (κ2) is 4.45. The Bertz CT molecular complexity index is 433. The normalized spacial score (nSPS) is 10.3. The largest absolute Gasteiger partial charge is 0.497 e. The van der Waals surface area contributed by atoms with Crippen molar-refractivity contribution in [1.29, 1.82) is 0 Å². The molecule has 0 saturated heterocycles. The highest BCUT2D eigenvalue weighted by atomic mass is 32.1. The van der Waals surface area contributed by atoms with Crippen molar-refractivity contribution in [2.45, 2.75) is 6.42 Å². The van der Waals surface area contributed by atoms with Crippen LogP contribution >= 0.6 is 11.3 Å². The molecule has 0 atom stereocenters. The third-order valence-electron chi connectivity index (χ3n) is 2.16. The maximum absolute atomic E-state index is 12.7. The molecule has 0 radical (unpaired) electrons. The average molecular weight is 222 g/mol. The Kier molecular flexibility index (Phi) is 3.02. The van der Waals surface area contributed by atoms with Crippen LogP contribution in [0.5, 0.6) is 5.75 Å². The first-order valence-electron chi connectivity index (χ1n) is 4.64. The van der Waals surface area contributed by atoms with Gasteiger partial charge in [0, 0.05) is 16.7 Å². The van der Waals surface area contributed by atoms with Gasteiger partial charge in [0.15, 0.2) is 0 Å². The monoisotopic (exact) mass is 222 g/mol. The lowest BCUT2D eigenvalue weighted by molar-refractivity contribution is 0.414. The number of ether oxygens (including phenoxy) is 1. The molecule has 0 bridgehead atoms. The average Bonchev–Trinajstić information content (AvgIpc) is 2.65. The predicted molar refractivity (Wildman–Crippen MR) is 60.1 cm³/mol. The van der Waals surface area contributed by atoms with Crippen LogP contribution in [0.3, 0.4) is 0 Å². The quantitative estimate of drug-likeness (QED) is 0.772. The summed E-state index contributed by atoms with van der Waals surface area (Å²) in [6.45, 7) is 0. The summed E-state index contributed by atoms with van der Waals surface area (Å²) >= 11 is 1.45. The molecule has 1 aromatic carbocycles. The van der Waals surface area contributed by atoms with Crippen molar-refractivity contribution in [2.24, 2.45) is 0 Å². The van der Waals surface area contributed by atoms with E-state index < -0.39 is 0 Å². The summed E-state index contributed by atoms with van der Waals surface area (Å²) in [6.07, 6.45) is 0.776. The van der Waals surface area contributed by atoms with Crippen molar-refractivity contribution >= 4 is 11.3 Å². The molecular formula is C12H11FOS. The van der Waals surface area contributed by atoms with E-state index >= 15 is 0 Å².